The van der Waals surface area contributed by atoms with E-state index in [4.69, 9.17) is 5.73 Å². The lowest BCUT2D eigenvalue weighted by Crippen LogP contribution is -2.54. The molecule has 0 atom stereocenters. The average molecular weight is 244 g/mol. The summed E-state index contributed by atoms with van der Waals surface area (Å²) in [5.41, 5.74) is 5.52. The zero-order valence-electron chi connectivity index (χ0n) is 12.4. The van der Waals surface area contributed by atoms with Crippen molar-refractivity contribution in [3.8, 4) is 0 Å². The molecule has 0 radical (unpaired) electrons. The second kappa shape index (κ2) is 7.34. The normalized spacial score (nSPS) is 13.4. The van der Waals surface area contributed by atoms with Crippen molar-refractivity contribution in [3.63, 3.8) is 0 Å². The predicted molar refractivity (Wildman–Crippen MR) is 75.1 cm³/mol. The van der Waals surface area contributed by atoms with E-state index in [1.165, 1.54) is 0 Å². The standard InChI is InChI=1S/C14H32N2O/c1-6-10-16(11-9-13(4,5)17)14(7-2,8-3)12-15/h17H,6-12,15H2,1-5H3. The lowest BCUT2D eigenvalue weighted by atomic mass is 9.89. The number of aliphatic hydroxyl groups is 1. The van der Waals surface area contributed by atoms with Crippen LogP contribution in [0.3, 0.4) is 0 Å². The van der Waals surface area contributed by atoms with E-state index in [2.05, 4.69) is 25.7 Å². The second-order valence-corrected chi connectivity index (χ2v) is 5.69. The molecule has 0 aliphatic heterocycles. The maximum Gasteiger partial charge on any atom is 0.0603 e. The van der Waals surface area contributed by atoms with Gasteiger partial charge in [-0.1, -0.05) is 20.8 Å². The van der Waals surface area contributed by atoms with E-state index in [1.54, 1.807) is 0 Å². The summed E-state index contributed by atoms with van der Waals surface area (Å²) in [6, 6.07) is 0. The highest BCUT2D eigenvalue weighted by molar-refractivity contribution is 4.90. The van der Waals surface area contributed by atoms with Crippen molar-refractivity contribution in [2.24, 2.45) is 5.73 Å². The van der Waals surface area contributed by atoms with Crippen molar-refractivity contribution >= 4 is 0 Å². The summed E-state index contributed by atoms with van der Waals surface area (Å²) < 4.78 is 0. The highest BCUT2D eigenvalue weighted by atomic mass is 16.3. The summed E-state index contributed by atoms with van der Waals surface area (Å²) >= 11 is 0. The van der Waals surface area contributed by atoms with Crippen molar-refractivity contribution in [3.05, 3.63) is 0 Å². The minimum Gasteiger partial charge on any atom is -0.390 e. The molecule has 3 nitrogen and oxygen atoms in total. The van der Waals surface area contributed by atoms with Gasteiger partial charge >= 0.3 is 0 Å². The van der Waals surface area contributed by atoms with Gasteiger partial charge in [0.25, 0.3) is 0 Å². The predicted octanol–water partition coefficient (Wildman–Crippen LogP) is 2.38. The van der Waals surface area contributed by atoms with Crippen molar-refractivity contribution < 1.29 is 5.11 Å². The molecule has 0 spiro atoms. The molecule has 0 aliphatic carbocycles. The molecule has 0 unspecified atom stereocenters. The minimum atomic E-state index is -0.589. The molecule has 0 rings (SSSR count). The number of hydrogen-bond donors (Lipinski definition) is 2. The highest BCUT2D eigenvalue weighted by Crippen LogP contribution is 2.24. The van der Waals surface area contributed by atoms with Crippen molar-refractivity contribution in [2.45, 2.75) is 71.4 Å². The zero-order chi connectivity index (χ0) is 13.5. The Morgan fingerprint density at radius 1 is 1.06 bits per heavy atom. The van der Waals surface area contributed by atoms with Crippen LogP contribution in [0, 0.1) is 0 Å². The molecule has 3 heteroatoms. The van der Waals surface area contributed by atoms with Crippen molar-refractivity contribution in [1.29, 1.82) is 0 Å². The topological polar surface area (TPSA) is 49.5 Å². The van der Waals surface area contributed by atoms with Gasteiger partial charge in [-0.25, -0.2) is 0 Å². The zero-order valence-corrected chi connectivity index (χ0v) is 12.4. The summed E-state index contributed by atoms with van der Waals surface area (Å²) in [5.74, 6) is 0. The smallest absolute Gasteiger partial charge is 0.0603 e. The van der Waals surface area contributed by atoms with E-state index < -0.39 is 5.60 Å². The second-order valence-electron chi connectivity index (χ2n) is 5.69. The Balaban J connectivity index is 4.68. The van der Waals surface area contributed by atoms with E-state index in [1.807, 2.05) is 13.8 Å². The molecular weight excluding hydrogens is 212 g/mol. The SMILES string of the molecule is CCCN(CCC(C)(C)O)C(CC)(CC)CN. The van der Waals surface area contributed by atoms with Gasteiger partial charge in [-0.3, -0.25) is 4.90 Å². The summed E-state index contributed by atoms with van der Waals surface area (Å²) in [7, 11) is 0. The van der Waals surface area contributed by atoms with Crippen molar-refractivity contribution in [1.82, 2.24) is 4.90 Å². The molecule has 17 heavy (non-hydrogen) atoms. The van der Waals surface area contributed by atoms with E-state index >= 15 is 0 Å². The summed E-state index contributed by atoms with van der Waals surface area (Å²) in [6.45, 7) is 13.1. The van der Waals surface area contributed by atoms with Gasteiger partial charge in [0.2, 0.25) is 0 Å². The molecule has 0 amide bonds. The van der Waals surface area contributed by atoms with Gasteiger partial charge < -0.3 is 10.8 Å². The van der Waals surface area contributed by atoms with Gasteiger partial charge in [-0.05, 0) is 46.1 Å². The number of hydrogen-bond acceptors (Lipinski definition) is 3. The van der Waals surface area contributed by atoms with Crippen LogP contribution in [0.25, 0.3) is 0 Å². The van der Waals surface area contributed by atoms with E-state index in [0.29, 0.717) is 6.54 Å². The third kappa shape index (κ3) is 5.36. The van der Waals surface area contributed by atoms with Crippen LogP contribution in [0.5, 0.6) is 0 Å². The first kappa shape index (κ1) is 16.9. The molecule has 0 aromatic rings. The molecule has 3 N–H and O–H groups in total. The van der Waals surface area contributed by atoms with Crippen LogP contribution in [-0.2, 0) is 0 Å². The van der Waals surface area contributed by atoms with Crippen LogP contribution in [0.15, 0.2) is 0 Å². The average Bonchev–Trinajstić information content (AvgIpc) is 2.27. The maximum absolute atomic E-state index is 9.86. The molecule has 0 aliphatic rings. The molecule has 0 fully saturated rings. The number of nitrogens with two attached hydrogens (primary N) is 1. The fraction of sp³-hybridized carbons (Fsp3) is 1.00. The fourth-order valence-electron chi connectivity index (χ4n) is 2.38. The first-order chi connectivity index (χ1) is 7.85. The lowest BCUT2D eigenvalue weighted by molar-refractivity contribution is 0.0261. The monoisotopic (exact) mass is 244 g/mol. The Morgan fingerprint density at radius 2 is 1.59 bits per heavy atom. The molecule has 0 bridgehead atoms. The Kier molecular flexibility index (Phi) is 7.29. The highest BCUT2D eigenvalue weighted by Gasteiger charge is 2.32. The summed E-state index contributed by atoms with van der Waals surface area (Å²) in [6.07, 6.45) is 4.08. The quantitative estimate of drug-likeness (QED) is 0.655. The van der Waals surface area contributed by atoms with Crippen LogP contribution in [0.4, 0.5) is 0 Å². The van der Waals surface area contributed by atoms with Crippen LogP contribution in [-0.4, -0.2) is 40.8 Å². The third-order valence-electron chi connectivity index (χ3n) is 3.85. The molecule has 0 saturated heterocycles. The van der Waals surface area contributed by atoms with Gasteiger partial charge in [0.15, 0.2) is 0 Å². The number of rotatable bonds is 9. The van der Waals surface area contributed by atoms with Gasteiger partial charge in [0.1, 0.15) is 0 Å². The van der Waals surface area contributed by atoms with E-state index in [-0.39, 0.29) is 5.54 Å². The summed E-state index contributed by atoms with van der Waals surface area (Å²) in [5, 5.41) is 9.86. The lowest BCUT2D eigenvalue weighted by Gasteiger charge is -2.43. The molecule has 0 heterocycles. The Labute approximate surface area is 107 Å². The van der Waals surface area contributed by atoms with E-state index in [9.17, 15) is 5.11 Å². The summed E-state index contributed by atoms with van der Waals surface area (Å²) in [4.78, 5) is 2.48. The first-order valence-electron chi connectivity index (χ1n) is 7.02. The largest absolute Gasteiger partial charge is 0.390 e. The van der Waals surface area contributed by atoms with Gasteiger partial charge in [-0.15, -0.1) is 0 Å². The maximum atomic E-state index is 9.86. The minimum absolute atomic E-state index is 0.112. The molecule has 0 aromatic carbocycles. The van der Waals surface area contributed by atoms with Crippen LogP contribution < -0.4 is 5.73 Å². The van der Waals surface area contributed by atoms with Crippen LogP contribution >= 0.6 is 0 Å². The van der Waals surface area contributed by atoms with Gasteiger partial charge in [-0.2, -0.15) is 0 Å². The van der Waals surface area contributed by atoms with Crippen LogP contribution in [0.1, 0.15) is 60.3 Å². The van der Waals surface area contributed by atoms with Crippen molar-refractivity contribution in [2.75, 3.05) is 19.6 Å². The molecule has 0 saturated carbocycles. The number of nitrogens with zero attached hydrogens (tertiary/aromatic N) is 1. The Bertz CT molecular complexity index is 187. The Hall–Kier alpha value is -0.120. The third-order valence-corrected chi connectivity index (χ3v) is 3.85. The Morgan fingerprint density at radius 3 is 1.88 bits per heavy atom. The van der Waals surface area contributed by atoms with Crippen LogP contribution in [0.2, 0.25) is 0 Å². The molecule has 0 aromatic heterocycles. The van der Waals surface area contributed by atoms with Gasteiger partial charge in [0.05, 0.1) is 5.60 Å². The molecular formula is C14H32N2O. The first-order valence-corrected chi connectivity index (χ1v) is 7.02. The van der Waals surface area contributed by atoms with Gasteiger partial charge in [0, 0.05) is 18.6 Å². The van der Waals surface area contributed by atoms with E-state index in [0.717, 1.165) is 38.8 Å². The fourth-order valence-corrected chi connectivity index (χ4v) is 2.38. The molecule has 104 valence electrons.